The first-order chi connectivity index (χ1) is 11.3. The van der Waals surface area contributed by atoms with Crippen LogP contribution in [0.2, 0.25) is 0 Å². The van der Waals surface area contributed by atoms with Crippen molar-refractivity contribution in [1.29, 1.82) is 5.26 Å². The highest BCUT2D eigenvalue weighted by Crippen LogP contribution is 2.24. The Labute approximate surface area is 140 Å². The first-order valence-electron chi connectivity index (χ1n) is 7.65. The van der Waals surface area contributed by atoms with E-state index in [0.717, 1.165) is 5.06 Å². The number of carbonyl (C=O) groups excluding carboxylic acids is 3. The summed E-state index contributed by atoms with van der Waals surface area (Å²) in [4.78, 5) is 43.0. The zero-order valence-corrected chi connectivity index (χ0v) is 14.1. The van der Waals surface area contributed by atoms with E-state index in [1.807, 2.05) is 6.07 Å². The van der Waals surface area contributed by atoms with E-state index in [0.29, 0.717) is 16.7 Å². The molecule has 0 saturated heterocycles. The molecule has 0 unspecified atom stereocenters. The predicted octanol–water partition coefficient (Wildman–Crippen LogP) is 1.62. The average Bonchev–Trinajstić information content (AvgIpc) is 2.82. The summed E-state index contributed by atoms with van der Waals surface area (Å²) >= 11 is 0. The molecule has 1 aromatic rings. The monoisotopic (exact) mass is 329 g/mol. The van der Waals surface area contributed by atoms with Gasteiger partial charge in [0.05, 0.1) is 18.2 Å². The fraction of sp³-hybridized carbons (Fsp3) is 0.412. The summed E-state index contributed by atoms with van der Waals surface area (Å²) in [7, 11) is 0. The first kappa shape index (κ1) is 17.5. The van der Waals surface area contributed by atoms with Gasteiger partial charge in [0, 0.05) is 17.6 Å². The van der Waals surface area contributed by atoms with Gasteiger partial charge in [0.15, 0.2) is 0 Å². The van der Waals surface area contributed by atoms with Gasteiger partial charge in [-0.3, -0.25) is 9.59 Å². The second-order valence-corrected chi connectivity index (χ2v) is 6.10. The molecule has 1 aliphatic rings. The van der Waals surface area contributed by atoms with Crippen LogP contribution in [0.25, 0.3) is 0 Å². The second-order valence-electron chi connectivity index (χ2n) is 6.10. The molecule has 7 heteroatoms. The van der Waals surface area contributed by atoms with Gasteiger partial charge in [-0.2, -0.15) is 10.3 Å². The number of hydroxylamine groups is 2. The van der Waals surface area contributed by atoms with Crippen LogP contribution in [-0.4, -0.2) is 39.8 Å². The van der Waals surface area contributed by atoms with Gasteiger partial charge in [0.25, 0.3) is 5.91 Å². The first-order valence-corrected chi connectivity index (χ1v) is 7.65. The summed E-state index contributed by atoms with van der Waals surface area (Å²) in [6.07, 6.45) is 0. The van der Waals surface area contributed by atoms with Crippen LogP contribution in [0.3, 0.4) is 0 Å². The number of nitrogens with zero attached hydrogens (tertiary/aromatic N) is 3. The van der Waals surface area contributed by atoms with E-state index in [1.165, 1.54) is 11.0 Å². The highest BCUT2D eigenvalue weighted by Gasteiger charge is 2.35. The van der Waals surface area contributed by atoms with Gasteiger partial charge in [0.2, 0.25) is 0 Å². The number of hydrogen-bond acceptors (Lipinski definition) is 5. The van der Waals surface area contributed by atoms with Gasteiger partial charge in [-0.15, -0.1) is 0 Å². The third-order valence-corrected chi connectivity index (χ3v) is 3.72. The molecule has 1 aliphatic heterocycles. The summed E-state index contributed by atoms with van der Waals surface area (Å²) in [5, 5.41) is 9.75. The summed E-state index contributed by atoms with van der Waals surface area (Å²) in [5.41, 5.74) is 1.29. The summed E-state index contributed by atoms with van der Waals surface area (Å²) in [6.45, 7) is 7.25. The van der Waals surface area contributed by atoms with E-state index in [-0.39, 0.29) is 18.6 Å². The highest BCUT2D eigenvalue weighted by molar-refractivity contribution is 6.32. The molecule has 2 rings (SSSR count). The zero-order valence-electron chi connectivity index (χ0n) is 14.1. The predicted molar refractivity (Wildman–Crippen MR) is 84.2 cm³/mol. The molecule has 0 bridgehead atoms. The zero-order chi connectivity index (χ0) is 18.0. The number of carbonyl (C=O) groups is 3. The fourth-order valence-electron chi connectivity index (χ4n) is 2.73. The maximum atomic E-state index is 12.3. The molecule has 0 aromatic heterocycles. The quantitative estimate of drug-likeness (QED) is 0.786. The van der Waals surface area contributed by atoms with Crippen LogP contribution in [-0.2, 0) is 21.0 Å². The largest absolute Gasteiger partial charge is 0.421 e. The third-order valence-electron chi connectivity index (χ3n) is 3.72. The Morgan fingerprint density at radius 3 is 2.42 bits per heavy atom. The van der Waals surface area contributed by atoms with Crippen molar-refractivity contribution in [3.05, 3.63) is 34.9 Å². The van der Waals surface area contributed by atoms with Gasteiger partial charge in [0.1, 0.15) is 0 Å². The van der Waals surface area contributed by atoms with Gasteiger partial charge < -0.3 is 9.74 Å². The average molecular weight is 329 g/mol. The molecule has 0 atom stereocenters. The molecule has 0 spiro atoms. The van der Waals surface area contributed by atoms with E-state index in [2.05, 4.69) is 0 Å². The third kappa shape index (κ3) is 3.23. The summed E-state index contributed by atoms with van der Waals surface area (Å²) < 4.78 is 0. The number of hydrogen-bond donors (Lipinski definition) is 0. The van der Waals surface area contributed by atoms with Crippen LogP contribution in [0.5, 0.6) is 0 Å². The van der Waals surface area contributed by atoms with Gasteiger partial charge in [-0.1, -0.05) is 6.07 Å². The van der Waals surface area contributed by atoms with Crippen LogP contribution in [0.1, 0.15) is 49.2 Å². The molecule has 24 heavy (non-hydrogen) atoms. The molecule has 1 heterocycles. The molecule has 0 fully saturated rings. The molecular weight excluding hydrogens is 310 g/mol. The maximum absolute atomic E-state index is 12.3. The molecule has 0 saturated carbocycles. The number of amides is 2. The Morgan fingerprint density at radius 2 is 1.88 bits per heavy atom. The molecule has 1 aromatic carbocycles. The second kappa shape index (κ2) is 6.71. The lowest BCUT2D eigenvalue weighted by atomic mass is 10.1. The normalized spacial score (nSPS) is 13.0. The van der Waals surface area contributed by atoms with Crippen LogP contribution >= 0.6 is 0 Å². The Kier molecular flexibility index (Phi) is 4.88. The molecule has 0 radical (unpaired) electrons. The van der Waals surface area contributed by atoms with Gasteiger partial charge in [-0.05, 0) is 45.4 Å². The van der Waals surface area contributed by atoms with Crippen molar-refractivity contribution in [3.63, 3.8) is 0 Å². The van der Waals surface area contributed by atoms with Crippen LogP contribution in [0.15, 0.2) is 18.2 Å². The van der Waals surface area contributed by atoms with Crippen molar-refractivity contribution in [1.82, 2.24) is 9.96 Å². The van der Waals surface area contributed by atoms with Crippen molar-refractivity contribution >= 4 is 17.8 Å². The standard InChI is InChI=1S/C17H19N3O4/c1-10(2)20(11(3)4)16(22)17(23)24-19-9-13-6-5-12(8-18)7-14(13)15(19)21/h5-7,10-11H,9H2,1-4H3. The van der Waals surface area contributed by atoms with Crippen molar-refractivity contribution in [2.24, 2.45) is 0 Å². The lowest BCUT2D eigenvalue weighted by molar-refractivity contribution is -0.187. The SMILES string of the molecule is CC(C)N(C(=O)C(=O)ON1Cc2ccc(C#N)cc2C1=O)C(C)C. The summed E-state index contributed by atoms with van der Waals surface area (Å²) in [6, 6.07) is 6.27. The molecule has 2 amide bonds. The van der Waals surface area contributed by atoms with Gasteiger partial charge >= 0.3 is 11.9 Å². The van der Waals surface area contributed by atoms with E-state index in [1.54, 1.807) is 39.8 Å². The number of benzene rings is 1. The summed E-state index contributed by atoms with van der Waals surface area (Å²) in [5.74, 6) is -2.43. The Balaban J connectivity index is 2.12. The van der Waals surface area contributed by atoms with E-state index in [4.69, 9.17) is 10.1 Å². The fourth-order valence-corrected chi connectivity index (χ4v) is 2.73. The Bertz CT molecular complexity index is 726. The minimum atomic E-state index is -1.10. The number of fused-ring (bicyclic) bond motifs is 1. The molecule has 0 aliphatic carbocycles. The van der Waals surface area contributed by atoms with E-state index in [9.17, 15) is 14.4 Å². The minimum absolute atomic E-state index is 0.0578. The minimum Gasteiger partial charge on any atom is -0.328 e. The molecular formula is C17H19N3O4. The molecule has 7 nitrogen and oxygen atoms in total. The van der Waals surface area contributed by atoms with Crippen molar-refractivity contribution in [2.45, 2.75) is 46.3 Å². The van der Waals surface area contributed by atoms with Crippen molar-refractivity contribution < 1.29 is 19.2 Å². The topological polar surface area (TPSA) is 90.7 Å². The Hall–Kier alpha value is -2.88. The van der Waals surface area contributed by atoms with Crippen molar-refractivity contribution in [3.8, 4) is 6.07 Å². The lowest BCUT2D eigenvalue weighted by Crippen LogP contribution is -2.47. The Morgan fingerprint density at radius 1 is 1.25 bits per heavy atom. The smallest absolute Gasteiger partial charge is 0.328 e. The maximum Gasteiger partial charge on any atom is 0.421 e. The van der Waals surface area contributed by atoms with E-state index >= 15 is 0 Å². The molecule has 126 valence electrons. The van der Waals surface area contributed by atoms with Crippen LogP contribution < -0.4 is 0 Å². The lowest BCUT2D eigenvalue weighted by Gasteiger charge is -2.29. The van der Waals surface area contributed by atoms with Crippen LogP contribution in [0.4, 0.5) is 0 Å². The highest BCUT2D eigenvalue weighted by atomic mass is 16.7. The number of rotatable bonds is 3. The number of nitriles is 1. The molecule has 0 N–H and O–H groups in total. The van der Waals surface area contributed by atoms with Gasteiger partial charge in [-0.25, -0.2) is 4.79 Å². The van der Waals surface area contributed by atoms with E-state index < -0.39 is 17.8 Å². The van der Waals surface area contributed by atoms with Crippen molar-refractivity contribution in [2.75, 3.05) is 0 Å². The van der Waals surface area contributed by atoms with Crippen LogP contribution in [0, 0.1) is 11.3 Å².